The van der Waals surface area contributed by atoms with Crippen LogP contribution >= 0.6 is 34.5 Å². The first-order valence-corrected chi connectivity index (χ1v) is 18.0. The van der Waals surface area contributed by atoms with Crippen LogP contribution in [0.1, 0.15) is 50.4 Å². The van der Waals surface area contributed by atoms with E-state index >= 15 is 0 Å². The Balaban J connectivity index is 1.49. The summed E-state index contributed by atoms with van der Waals surface area (Å²) in [5, 5.41) is 2.92. The molecule has 11 heteroatoms. The van der Waals surface area contributed by atoms with Crippen molar-refractivity contribution in [2.24, 2.45) is 4.99 Å². The zero-order chi connectivity index (χ0) is 35.5. The highest BCUT2D eigenvalue weighted by molar-refractivity contribution is 7.07. The van der Waals surface area contributed by atoms with E-state index < -0.39 is 6.04 Å². The van der Waals surface area contributed by atoms with Gasteiger partial charge in [-0.05, 0) is 80.4 Å². The Morgan fingerprint density at radius 1 is 0.960 bits per heavy atom. The van der Waals surface area contributed by atoms with Gasteiger partial charge in [-0.25, -0.2) is 4.99 Å². The van der Waals surface area contributed by atoms with Crippen LogP contribution in [0, 0.1) is 0 Å². The third kappa shape index (κ3) is 6.77. The second-order valence-electron chi connectivity index (χ2n) is 11.6. The Kier molecular flexibility index (Phi) is 10.7. The Bertz CT molecular complexity index is 2310. The van der Waals surface area contributed by atoms with Crippen LogP contribution < -0.4 is 29.1 Å². The highest BCUT2D eigenvalue weighted by atomic mass is 35.5. The fraction of sp³-hybridized carbons (Fsp3) is 0.256. The molecule has 1 amide bonds. The number of likely N-dealkylation sites (N-methyl/N-ethyl adjacent to an activating group) is 1. The quantitative estimate of drug-likeness (QED) is 0.140. The minimum atomic E-state index is -0.767. The fourth-order valence-electron chi connectivity index (χ4n) is 6.23. The second-order valence-corrected chi connectivity index (χ2v) is 13.5. The summed E-state index contributed by atoms with van der Waals surface area (Å²) in [6.07, 6.45) is 1.81. The van der Waals surface area contributed by atoms with Gasteiger partial charge in [-0.2, -0.15) is 0 Å². The number of fused-ring (bicyclic) bond motifs is 2. The van der Waals surface area contributed by atoms with Gasteiger partial charge >= 0.3 is 0 Å². The lowest BCUT2D eigenvalue weighted by molar-refractivity contribution is -0.127. The van der Waals surface area contributed by atoms with E-state index in [0.29, 0.717) is 67.6 Å². The molecule has 8 nitrogen and oxygen atoms in total. The van der Waals surface area contributed by atoms with Gasteiger partial charge in [-0.3, -0.25) is 14.2 Å². The van der Waals surface area contributed by atoms with Crippen LogP contribution in [-0.4, -0.2) is 42.2 Å². The highest BCUT2D eigenvalue weighted by Gasteiger charge is 2.36. The molecule has 1 aromatic heterocycles. The van der Waals surface area contributed by atoms with Gasteiger partial charge in [0.2, 0.25) is 0 Å². The lowest BCUT2D eigenvalue weighted by Gasteiger charge is -2.30. The molecule has 0 spiro atoms. The van der Waals surface area contributed by atoms with E-state index in [1.165, 1.54) is 11.3 Å². The summed E-state index contributed by atoms with van der Waals surface area (Å²) in [7, 11) is 1.60. The van der Waals surface area contributed by atoms with E-state index in [1.807, 2.05) is 94.4 Å². The molecule has 0 saturated heterocycles. The summed E-state index contributed by atoms with van der Waals surface area (Å²) >= 11 is 13.7. The van der Waals surface area contributed by atoms with Crippen molar-refractivity contribution in [1.29, 1.82) is 0 Å². The first-order valence-electron chi connectivity index (χ1n) is 16.4. The van der Waals surface area contributed by atoms with Crippen molar-refractivity contribution >= 4 is 57.3 Å². The van der Waals surface area contributed by atoms with Gasteiger partial charge in [-0.1, -0.05) is 77.0 Å². The van der Waals surface area contributed by atoms with E-state index in [2.05, 4.69) is 0 Å². The fourth-order valence-corrected chi connectivity index (χ4v) is 7.74. The molecule has 4 aromatic carbocycles. The van der Waals surface area contributed by atoms with E-state index in [0.717, 1.165) is 27.5 Å². The van der Waals surface area contributed by atoms with Gasteiger partial charge in [0.25, 0.3) is 11.5 Å². The smallest absolute Gasteiger partial charge is 0.271 e. The molecule has 1 aliphatic heterocycles. The molecule has 258 valence electrons. The summed E-state index contributed by atoms with van der Waals surface area (Å²) in [5.74, 6) is 1.48. The van der Waals surface area contributed by atoms with Gasteiger partial charge in [-0.15, -0.1) is 0 Å². The number of allylic oxidation sites excluding steroid dienone is 1. The standard InChI is InChI=1S/C39H37Cl2N3O5S/c1-6-43(7-2)38(46)34-23(4)42-39-44(36(34)35-28-12-10-9-11-25(28)15-18-31(35)47-5)37(45)33(50-39)20-24-13-17-30(32(19-24)48-8-3)49-22-26-14-16-27(40)21-29(26)41/h9-21,36H,6-8,22H2,1-5H3/b33-20+/t36-/m0/s1. The summed E-state index contributed by atoms with van der Waals surface area (Å²) in [6.45, 7) is 9.29. The molecular formula is C39H37Cl2N3O5S. The monoisotopic (exact) mass is 729 g/mol. The minimum Gasteiger partial charge on any atom is -0.496 e. The first-order chi connectivity index (χ1) is 24.2. The predicted molar refractivity (Wildman–Crippen MR) is 201 cm³/mol. The average molecular weight is 731 g/mol. The summed E-state index contributed by atoms with van der Waals surface area (Å²) in [5.41, 5.74) is 3.02. The Hall–Kier alpha value is -4.57. The summed E-state index contributed by atoms with van der Waals surface area (Å²) in [6, 6.07) is 21.8. The van der Waals surface area contributed by atoms with Crippen molar-refractivity contribution in [2.45, 2.75) is 40.3 Å². The van der Waals surface area contributed by atoms with Crippen molar-refractivity contribution in [3.8, 4) is 17.2 Å². The number of thiazole rings is 1. The Morgan fingerprint density at radius 2 is 1.72 bits per heavy atom. The zero-order valence-corrected chi connectivity index (χ0v) is 30.8. The van der Waals surface area contributed by atoms with Gasteiger partial charge in [0.1, 0.15) is 18.4 Å². The van der Waals surface area contributed by atoms with Crippen LogP contribution in [0.15, 0.2) is 93.9 Å². The molecule has 0 bridgehead atoms. The van der Waals surface area contributed by atoms with Crippen molar-refractivity contribution in [3.63, 3.8) is 0 Å². The number of hydrogen-bond acceptors (Lipinski definition) is 7. The number of carbonyl (C=O) groups excluding carboxylic acids is 1. The third-order valence-electron chi connectivity index (χ3n) is 8.69. The number of nitrogens with zero attached hydrogens (tertiary/aromatic N) is 3. The molecular weight excluding hydrogens is 693 g/mol. The molecule has 1 atom stereocenters. The third-order valence-corrected chi connectivity index (χ3v) is 10.3. The molecule has 0 unspecified atom stereocenters. The molecule has 0 fully saturated rings. The lowest BCUT2D eigenvalue weighted by Crippen LogP contribution is -2.43. The van der Waals surface area contributed by atoms with Crippen LogP contribution in [0.25, 0.3) is 16.8 Å². The normalized spacial score (nSPS) is 14.4. The molecule has 5 aromatic rings. The maximum atomic E-state index is 14.5. The van der Waals surface area contributed by atoms with Crippen molar-refractivity contribution in [3.05, 3.63) is 130 Å². The molecule has 1 aliphatic rings. The molecule has 50 heavy (non-hydrogen) atoms. The highest BCUT2D eigenvalue weighted by Crippen LogP contribution is 2.40. The minimum absolute atomic E-state index is 0.164. The molecule has 0 radical (unpaired) electrons. The maximum absolute atomic E-state index is 14.5. The van der Waals surface area contributed by atoms with Crippen molar-refractivity contribution in [1.82, 2.24) is 9.47 Å². The van der Waals surface area contributed by atoms with Crippen LogP contribution in [-0.2, 0) is 11.4 Å². The Labute approximate surface area is 304 Å². The van der Waals surface area contributed by atoms with Gasteiger partial charge in [0, 0.05) is 34.3 Å². The van der Waals surface area contributed by atoms with Gasteiger partial charge in [0.15, 0.2) is 16.3 Å². The van der Waals surface area contributed by atoms with Gasteiger partial charge in [0.05, 0.1) is 29.5 Å². The number of aromatic nitrogens is 1. The van der Waals surface area contributed by atoms with Gasteiger partial charge < -0.3 is 19.1 Å². The van der Waals surface area contributed by atoms with E-state index in [-0.39, 0.29) is 18.1 Å². The number of rotatable bonds is 11. The number of benzene rings is 4. The zero-order valence-electron chi connectivity index (χ0n) is 28.5. The molecule has 0 aliphatic carbocycles. The summed E-state index contributed by atoms with van der Waals surface area (Å²) in [4.78, 5) is 35.9. The SMILES string of the molecule is CCOc1cc(/C=c2/sc3n(c2=O)[C@H](c2c(OC)ccc4ccccc24)C(C(=O)N(CC)CC)=C(C)N=3)ccc1OCc1ccc(Cl)cc1Cl. The number of ether oxygens (including phenoxy) is 3. The second kappa shape index (κ2) is 15.1. The molecule has 0 saturated carbocycles. The summed E-state index contributed by atoms with van der Waals surface area (Å²) < 4.78 is 20.1. The molecule has 2 heterocycles. The predicted octanol–water partition coefficient (Wildman–Crippen LogP) is 7.55. The van der Waals surface area contributed by atoms with Crippen LogP contribution in [0.3, 0.4) is 0 Å². The molecule has 6 rings (SSSR count). The number of amides is 1. The topological polar surface area (TPSA) is 82.4 Å². The molecule has 0 N–H and O–H groups in total. The lowest BCUT2D eigenvalue weighted by atomic mass is 9.90. The first kappa shape index (κ1) is 35.3. The average Bonchev–Trinajstić information content (AvgIpc) is 3.41. The largest absolute Gasteiger partial charge is 0.496 e. The number of carbonyl (C=O) groups is 1. The van der Waals surface area contributed by atoms with Crippen molar-refractivity contribution in [2.75, 3.05) is 26.8 Å². The van der Waals surface area contributed by atoms with E-state index in [9.17, 15) is 9.59 Å². The Morgan fingerprint density at radius 3 is 2.44 bits per heavy atom. The van der Waals surface area contributed by atoms with Crippen LogP contribution in [0.5, 0.6) is 17.2 Å². The number of hydrogen-bond donors (Lipinski definition) is 0. The maximum Gasteiger partial charge on any atom is 0.271 e. The van der Waals surface area contributed by atoms with Crippen molar-refractivity contribution < 1.29 is 19.0 Å². The number of halogens is 2. The number of methoxy groups -OCH3 is 1. The van der Waals surface area contributed by atoms with E-state index in [4.69, 9.17) is 42.4 Å². The van der Waals surface area contributed by atoms with Crippen LogP contribution in [0.4, 0.5) is 0 Å². The van der Waals surface area contributed by atoms with E-state index in [1.54, 1.807) is 28.7 Å². The van der Waals surface area contributed by atoms with Crippen LogP contribution in [0.2, 0.25) is 10.0 Å².